The van der Waals surface area contributed by atoms with Crippen LogP contribution in [0, 0.1) is 11.8 Å². The molecule has 2 heterocycles. The molecule has 3 atom stereocenters. The van der Waals surface area contributed by atoms with E-state index in [-0.39, 0.29) is 36.0 Å². The van der Waals surface area contributed by atoms with Gasteiger partial charge >= 0.3 is 0 Å². The number of nitrogens with one attached hydrogen (secondary N) is 2. The molecule has 0 aliphatic carbocycles. The van der Waals surface area contributed by atoms with E-state index >= 15 is 0 Å². The van der Waals surface area contributed by atoms with Gasteiger partial charge in [0.2, 0.25) is 11.8 Å². The third-order valence-corrected chi connectivity index (χ3v) is 6.62. The molecule has 4 rings (SSSR count). The lowest BCUT2D eigenvalue weighted by molar-refractivity contribution is -0.124. The summed E-state index contributed by atoms with van der Waals surface area (Å²) < 4.78 is 0. The molecule has 0 unspecified atom stereocenters. The molecule has 1 saturated heterocycles. The van der Waals surface area contributed by atoms with Gasteiger partial charge < -0.3 is 10.6 Å². The zero-order valence-corrected chi connectivity index (χ0v) is 17.3. The normalized spacial score (nSPS) is 26.8. The lowest BCUT2D eigenvalue weighted by Gasteiger charge is -2.42. The van der Waals surface area contributed by atoms with Crippen molar-refractivity contribution in [2.75, 3.05) is 11.9 Å². The van der Waals surface area contributed by atoms with Crippen LogP contribution in [0.3, 0.4) is 0 Å². The van der Waals surface area contributed by atoms with Gasteiger partial charge in [-0.1, -0.05) is 55.2 Å². The van der Waals surface area contributed by atoms with Crippen LogP contribution in [0.1, 0.15) is 37.3 Å². The number of carbonyl (C=O) groups is 2. The fourth-order valence-electron chi connectivity index (χ4n) is 4.97. The number of rotatable bonds is 2. The zero-order chi connectivity index (χ0) is 20.1. The number of anilines is 1. The molecule has 0 saturated carbocycles. The van der Waals surface area contributed by atoms with Crippen LogP contribution < -0.4 is 10.6 Å². The SMILES string of the molecule is CC(C)[C@H]1CNC(=O)C[C@@H](c2cccc(Cl)c2)[C@]12C(=O)Nc1cc(Cl)ccc12. The minimum Gasteiger partial charge on any atom is -0.356 e. The maximum atomic E-state index is 13.6. The lowest BCUT2D eigenvalue weighted by Crippen LogP contribution is -2.50. The minimum absolute atomic E-state index is 0.0530. The fourth-order valence-corrected chi connectivity index (χ4v) is 5.34. The van der Waals surface area contributed by atoms with E-state index in [1.165, 1.54) is 0 Å². The minimum atomic E-state index is -0.877. The number of halogens is 2. The fraction of sp³-hybridized carbons (Fsp3) is 0.364. The van der Waals surface area contributed by atoms with Crippen LogP contribution in [-0.2, 0) is 15.0 Å². The van der Waals surface area contributed by atoms with Crippen LogP contribution in [0.5, 0.6) is 0 Å². The molecule has 2 amide bonds. The van der Waals surface area contributed by atoms with Crippen molar-refractivity contribution in [2.24, 2.45) is 11.8 Å². The van der Waals surface area contributed by atoms with E-state index in [0.717, 1.165) is 16.8 Å². The van der Waals surface area contributed by atoms with Crippen molar-refractivity contribution in [2.45, 2.75) is 31.6 Å². The van der Waals surface area contributed by atoms with E-state index in [1.54, 1.807) is 12.1 Å². The van der Waals surface area contributed by atoms with Gasteiger partial charge in [0.05, 0.1) is 5.41 Å². The van der Waals surface area contributed by atoms with Crippen LogP contribution >= 0.6 is 23.2 Å². The molecule has 0 bridgehead atoms. The number of hydrogen-bond donors (Lipinski definition) is 2. The Kier molecular flexibility index (Phi) is 4.88. The van der Waals surface area contributed by atoms with Gasteiger partial charge in [-0.3, -0.25) is 9.59 Å². The Hall–Kier alpha value is -2.04. The van der Waals surface area contributed by atoms with Crippen molar-refractivity contribution in [1.82, 2.24) is 5.32 Å². The van der Waals surface area contributed by atoms with Crippen molar-refractivity contribution >= 4 is 40.7 Å². The molecule has 2 aromatic carbocycles. The summed E-state index contributed by atoms with van der Waals surface area (Å²) in [5.41, 5.74) is 1.65. The van der Waals surface area contributed by atoms with Crippen molar-refractivity contribution in [1.29, 1.82) is 0 Å². The third-order valence-electron chi connectivity index (χ3n) is 6.15. The summed E-state index contributed by atoms with van der Waals surface area (Å²) in [6, 6.07) is 13.0. The first-order valence-corrected chi connectivity index (χ1v) is 10.2. The Morgan fingerprint density at radius 1 is 1.07 bits per heavy atom. The number of amides is 2. The van der Waals surface area contributed by atoms with Gasteiger partial charge in [0.1, 0.15) is 0 Å². The van der Waals surface area contributed by atoms with Crippen molar-refractivity contribution in [3.05, 3.63) is 63.6 Å². The highest BCUT2D eigenvalue weighted by Crippen LogP contribution is 2.56. The maximum Gasteiger partial charge on any atom is 0.236 e. The summed E-state index contributed by atoms with van der Waals surface area (Å²) in [5.74, 6) is -0.367. The first-order valence-electron chi connectivity index (χ1n) is 9.47. The summed E-state index contributed by atoms with van der Waals surface area (Å²) in [6.45, 7) is 4.64. The summed E-state index contributed by atoms with van der Waals surface area (Å²) in [4.78, 5) is 26.3. The zero-order valence-electron chi connectivity index (χ0n) is 15.8. The molecular formula is C22H22Cl2N2O2. The highest BCUT2D eigenvalue weighted by atomic mass is 35.5. The first-order chi connectivity index (χ1) is 13.3. The van der Waals surface area contributed by atoms with E-state index in [4.69, 9.17) is 23.2 Å². The number of fused-ring (bicyclic) bond motifs is 2. The highest BCUT2D eigenvalue weighted by Gasteiger charge is 2.59. The quantitative estimate of drug-likeness (QED) is 0.741. The molecule has 2 N–H and O–H groups in total. The smallest absolute Gasteiger partial charge is 0.236 e. The second-order valence-corrected chi connectivity index (χ2v) is 8.85. The van der Waals surface area contributed by atoms with E-state index in [9.17, 15) is 9.59 Å². The Morgan fingerprint density at radius 3 is 2.54 bits per heavy atom. The lowest BCUT2D eigenvalue weighted by atomic mass is 9.58. The van der Waals surface area contributed by atoms with Gasteiger partial charge in [0.25, 0.3) is 0 Å². The average molecular weight is 417 g/mol. The predicted molar refractivity (Wildman–Crippen MR) is 112 cm³/mol. The summed E-state index contributed by atoms with van der Waals surface area (Å²) >= 11 is 12.5. The van der Waals surface area contributed by atoms with Crippen LogP contribution in [0.2, 0.25) is 10.0 Å². The van der Waals surface area contributed by atoms with E-state index in [0.29, 0.717) is 16.6 Å². The molecule has 6 heteroatoms. The van der Waals surface area contributed by atoms with Crippen molar-refractivity contribution < 1.29 is 9.59 Å². The van der Waals surface area contributed by atoms with Gasteiger partial charge in [-0.15, -0.1) is 0 Å². The van der Waals surface area contributed by atoms with Gasteiger partial charge in [-0.2, -0.15) is 0 Å². The molecular weight excluding hydrogens is 395 g/mol. The van der Waals surface area contributed by atoms with E-state index in [1.807, 2.05) is 30.3 Å². The van der Waals surface area contributed by atoms with Gasteiger partial charge in [-0.25, -0.2) is 0 Å². The Morgan fingerprint density at radius 2 is 1.82 bits per heavy atom. The van der Waals surface area contributed by atoms with Crippen LogP contribution in [-0.4, -0.2) is 18.4 Å². The monoisotopic (exact) mass is 416 g/mol. The van der Waals surface area contributed by atoms with Gasteiger partial charge in [0.15, 0.2) is 0 Å². The van der Waals surface area contributed by atoms with E-state index < -0.39 is 5.41 Å². The molecule has 2 aliphatic heterocycles. The molecule has 146 valence electrons. The Bertz CT molecular complexity index is 959. The number of hydrogen-bond acceptors (Lipinski definition) is 2. The summed E-state index contributed by atoms with van der Waals surface area (Å²) in [7, 11) is 0. The third kappa shape index (κ3) is 2.90. The Balaban J connectivity index is 2.02. The molecule has 1 fully saturated rings. The Labute approximate surface area is 174 Å². The van der Waals surface area contributed by atoms with Crippen LogP contribution in [0.25, 0.3) is 0 Å². The molecule has 2 aromatic rings. The highest BCUT2D eigenvalue weighted by molar-refractivity contribution is 6.31. The molecule has 1 spiro atoms. The standard InChI is InChI=1S/C22H22Cl2N2O2/c1-12(2)18-11-25-20(27)10-17(13-4-3-5-14(23)8-13)22(18)16-7-6-15(24)9-19(16)26-21(22)28/h3-9,12,17-18H,10-11H2,1-2H3,(H,25,27)(H,26,28)/t17-,18+,22-/m0/s1. The molecule has 0 aromatic heterocycles. The molecule has 28 heavy (non-hydrogen) atoms. The second kappa shape index (κ2) is 7.09. The van der Waals surface area contributed by atoms with Crippen LogP contribution in [0.15, 0.2) is 42.5 Å². The largest absolute Gasteiger partial charge is 0.356 e. The number of benzene rings is 2. The molecule has 4 nitrogen and oxygen atoms in total. The van der Waals surface area contributed by atoms with Gasteiger partial charge in [-0.05, 0) is 47.2 Å². The van der Waals surface area contributed by atoms with Gasteiger partial charge in [0, 0.05) is 34.6 Å². The van der Waals surface area contributed by atoms with E-state index in [2.05, 4.69) is 24.5 Å². The summed E-state index contributed by atoms with van der Waals surface area (Å²) in [5, 5.41) is 7.23. The predicted octanol–water partition coefficient (Wildman–Crippen LogP) is 4.76. The van der Waals surface area contributed by atoms with Crippen molar-refractivity contribution in [3.8, 4) is 0 Å². The number of carbonyl (C=O) groups excluding carboxylic acids is 2. The average Bonchev–Trinajstić information content (AvgIpc) is 2.80. The van der Waals surface area contributed by atoms with Crippen LogP contribution in [0.4, 0.5) is 5.69 Å². The second-order valence-electron chi connectivity index (χ2n) is 7.98. The topological polar surface area (TPSA) is 58.2 Å². The first kappa shape index (κ1) is 19.3. The molecule has 2 aliphatic rings. The van der Waals surface area contributed by atoms with Crippen molar-refractivity contribution in [3.63, 3.8) is 0 Å². The maximum absolute atomic E-state index is 13.6. The summed E-state index contributed by atoms with van der Waals surface area (Å²) in [6.07, 6.45) is 0.221. The molecule has 0 radical (unpaired) electrons.